The van der Waals surface area contributed by atoms with Crippen LogP contribution < -0.4 is 10.0 Å². The minimum atomic E-state index is -5.12. The van der Waals surface area contributed by atoms with Crippen LogP contribution >= 0.6 is 11.6 Å². The van der Waals surface area contributed by atoms with Crippen molar-refractivity contribution >= 4 is 33.4 Å². The highest BCUT2D eigenvalue weighted by molar-refractivity contribution is 7.89. The van der Waals surface area contributed by atoms with E-state index >= 15 is 0 Å². The van der Waals surface area contributed by atoms with E-state index in [1.165, 1.54) is 36.4 Å². The van der Waals surface area contributed by atoms with Crippen LogP contribution in [0.5, 0.6) is 0 Å². The van der Waals surface area contributed by atoms with Gasteiger partial charge in [-0.05, 0) is 30.3 Å². The molecule has 1 heterocycles. The molecule has 0 fully saturated rings. The minimum Gasteiger partial charge on any atom is -0.426 e. The zero-order valence-corrected chi connectivity index (χ0v) is 15.0. The molecule has 6 nitrogen and oxygen atoms in total. The Morgan fingerprint density at radius 2 is 1.81 bits per heavy atom. The number of hydrogen-bond donors (Lipinski definition) is 2. The number of benzene rings is 2. The molecule has 0 radical (unpaired) electrons. The van der Waals surface area contributed by atoms with Crippen molar-refractivity contribution in [3.05, 3.63) is 59.1 Å². The molecule has 0 aliphatic carbocycles. The van der Waals surface area contributed by atoms with Crippen LogP contribution in [0.1, 0.15) is 5.56 Å². The lowest BCUT2D eigenvalue weighted by molar-refractivity contribution is -0.261. The molecule has 11 heteroatoms. The molecule has 1 aliphatic rings. The number of amides is 1. The molecule has 2 aromatic rings. The highest BCUT2D eigenvalue weighted by atomic mass is 35.5. The molecule has 0 aromatic heterocycles. The van der Waals surface area contributed by atoms with Crippen molar-refractivity contribution in [1.29, 1.82) is 0 Å². The van der Waals surface area contributed by atoms with Crippen molar-refractivity contribution in [1.82, 2.24) is 4.72 Å². The molecule has 1 aliphatic heterocycles. The fraction of sp³-hybridized carbons (Fsp3) is 0.188. The Morgan fingerprint density at radius 3 is 2.44 bits per heavy atom. The summed E-state index contributed by atoms with van der Waals surface area (Å²) >= 11 is 5.80. The number of anilines is 1. The number of ether oxygens (including phenoxy) is 1. The molecule has 27 heavy (non-hydrogen) atoms. The fourth-order valence-electron chi connectivity index (χ4n) is 2.63. The van der Waals surface area contributed by atoms with Gasteiger partial charge in [0.2, 0.25) is 15.6 Å². The molecule has 0 saturated heterocycles. The number of rotatable bonds is 4. The molecular weight excluding hydrogens is 409 g/mol. The lowest BCUT2D eigenvalue weighted by atomic mass is 9.90. The molecule has 1 atom stereocenters. The summed E-state index contributed by atoms with van der Waals surface area (Å²) in [7, 11) is -4.28. The summed E-state index contributed by atoms with van der Waals surface area (Å²) in [5.41, 5.74) is -3.91. The number of sulfonamides is 1. The molecule has 0 bridgehead atoms. The van der Waals surface area contributed by atoms with Crippen LogP contribution in [-0.2, 0) is 20.4 Å². The van der Waals surface area contributed by atoms with E-state index < -0.39 is 40.0 Å². The normalized spacial score (nSPS) is 19.8. The third-order valence-corrected chi connectivity index (χ3v) is 5.60. The first kappa shape index (κ1) is 19.5. The van der Waals surface area contributed by atoms with Gasteiger partial charge in [0.15, 0.2) is 0 Å². The largest absolute Gasteiger partial charge is 0.434 e. The van der Waals surface area contributed by atoms with E-state index in [0.717, 1.165) is 6.07 Å². The number of halogens is 4. The van der Waals surface area contributed by atoms with E-state index in [-0.39, 0.29) is 15.6 Å². The monoisotopic (exact) mass is 420 g/mol. The zero-order chi connectivity index (χ0) is 19.9. The summed E-state index contributed by atoms with van der Waals surface area (Å²) in [5.74, 6) is 0. The lowest BCUT2D eigenvalue weighted by Gasteiger charge is -2.39. The van der Waals surface area contributed by atoms with Gasteiger partial charge in [0.05, 0.1) is 17.1 Å². The third kappa shape index (κ3) is 3.60. The Kier molecular flexibility index (Phi) is 4.83. The van der Waals surface area contributed by atoms with E-state index in [2.05, 4.69) is 10.1 Å². The van der Waals surface area contributed by atoms with E-state index in [9.17, 15) is 26.4 Å². The van der Waals surface area contributed by atoms with Gasteiger partial charge < -0.3 is 4.74 Å². The molecular formula is C16H12ClF3N2O4S. The Balaban J connectivity index is 2.06. The second kappa shape index (κ2) is 6.70. The van der Waals surface area contributed by atoms with Gasteiger partial charge in [-0.2, -0.15) is 13.2 Å². The fourth-order valence-corrected chi connectivity index (χ4v) is 3.88. The number of hydrogen-bond acceptors (Lipinski definition) is 4. The summed E-state index contributed by atoms with van der Waals surface area (Å²) < 4.78 is 73.1. The number of carbonyl (C=O) groups is 1. The molecule has 0 saturated carbocycles. The SMILES string of the molecule is O=C1Nc2ccc(Cl)cc2C(CNS(=O)(=O)c2ccccc2)(C(F)(F)F)O1. The minimum absolute atomic E-state index is 0.0342. The summed E-state index contributed by atoms with van der Waals surface area (Å²) in [6, 6.07) is 10.3. The number of nitrogens with one attached hydrogen (secondary N) is 2. The third-order valence-electron chi connectivity index (χ3n) is 3.94. The number of cyclic esters (lactones) is 1. The Bertz CT molecular complexity index is 983. The van der Waals surface area contributed by atoms with Crippen LogP contribution in [0.2, 0.25) is 5.02 Å². The molecule has 144 valence electrons. The molecule has 2 aromatic carbocycles. The smallest absolute Gasteiger partial charge is 0.426 e. The lowest BCUT2D eigenvalue weighted by Crippen LogP contribution is -2.56. The van der Waals surface area contributed by atoms with Gasteiger partial charge in [0.25, 0.3) is 0 Å². The van der Waals surface area contributed by atoms with Crippen molar-refractivity contribution in [2.75, 3.05) is 11.9 Å². The van der Waals surface area contributed by atoms with E-state index in [1.54, 1.807) is 6.07 Å². The van der Waals surface area contributed by atoms with Crippen molar-refractivity contribution in [2.45, 2.75) is 16.7 Å². The number of alkyl halides is 3. The van der Waals surface area contributed by atoms with Crippen LogP contribution in [0.3, 0.4) is 0 Å². The van der Waals surface area contributed by atoms with Crippen LogP contribution in [0.15, 0.2) is 53.4 Å². The average Bonchev–Trinajstić information content (AvgIpc) is 2.60. The van der Waals surface area contributed by atoms with Crippen molar-refractivity contribution in [2.24, 2.45) is 0 Å². The summed E-state index contributed by atoms with van der Waals surface area (Å²) in [6.07, 6.45) is -6.48. The van der Waals surface area contributed by atoms with Gasteiger partial charge in [-0.1, -0.05) is 29.8 Å². The maximum Gasteiger partial charge on any atom is 0.434 e. The Hall–Kier alpha value is -2.30. The first-order valence-corrected chi connectivity index (χ1v) is 9.33. The van der Waals surface area contributed by atoms with Gasteiger partial charge in [0, 0.05) is 10.6 Å². The molecule has 3 rings (SSSR count). The van der Waals surface area contributed by atoms with Gasteiger partial charge in [-0.15, -0.1) is 0 Å². The number of fused-ring (bicyclic) bond motifs is 1. The van der Waals surface area contributed by atoms with E-state index in [4.69, 9.17) is 11.6 Å². The quantitative estimate of drug-likeness (QED) is 0.791. The average molecular weight is 421 g/mol. The summed E-state index contributed by atoms with van der Waals surface area (Å²) in [6.45, 7) is -1.26. The van der Waals surface area contributed by atoms with Crippen LogP contribution in [0.4, 0.5) is 23.7 Å². The van der Waals surface area contributed by atoms with Gasteiger partial charge >= 0.3 is 12.3 Å². The second-order valence-electron chi connectivity index (χ2n) is 5.67. The maximum atomic E-state index is 14.0. The van der Waals surface area contributed by atoms with Crippen LogP contribution in [-0.4, -0.2) is 27.2 Å². The highest BCUT2D eigenvalue weighted by Gasteiger charge is 2.62. The number of carbonyl (C=O) groups excluding carboxylic acids is 1. The second-order valence-corrected chi connectivity index (χ2v) is 7.87. The topological polar surface area (TPSA) is 84.5 Å². The predicted molar refractivity (Wildman–Crippen MR) is 90.9 cm³/mol. The predicted octanol–water partition coefficient (Wildman–Crippen LogP) is 3.64. The van der Waals surface area contributed by atoms with Gasteiger partial charge in [-0.3, -0.25) is 5.32 Å². The van der Waals surface area contributed by atoms with Crippen molar-refractivity contribution in [3.8, 4) is 0 Å². The van der Waals surface area contributed by atoms with Gasteiger partial charge in [-0.25, -0.2) is 17.9 Å². The van der Waals surface area contributed by atoms with Gasteiger partial charge in [0.1, 0.15) is 0 Å². The van der Waals surface area contributed by atoms with Crippen LogP contribution in [0, 0.1) is 0 Å². The first-order chi connectivity index (χ1) is 12.6. The molecule has 1 unspecified atom stereocenters. The van der Waals surface area contributed by atoms with E-state index in [1.807, 2.05) is 4.72 Å². The Labute approximate surface area is 157 Å². The van der Waals surface area contributed by atoms with Crippen LogP contribution in [0.25, 0.3) is 0 Å². The maximum absolute atomic E-state index is 14.0. The first-order valence-electron chi connectivity index (χ1n) is 7.47. The highest BCUT2D eigenvalue weighted by Crippen LogP contribution is 2.48. The summed E-state index contributed by atoms with van der Waals surface area (Å²) in [4.78, 5) is 11.5. The standard InChI is InChI=1S/C16H12ClF3N2O4S/c17-10-6-7-13-12(8-10)15(16(18,19)20,26-14(23)22-13)9-21-27(24,25)11-4-2-1-3-5-11/h1-8,21H,9H2,(H,22,23). The molecule has 0 spiro atoms. The zero-order valence-electron chi connectivity index (χ0n) is 13.4. The molecule has 1 amide bonds. The van der Waals surface area contributed by atoms with Crippen molar-refractivity contribution in [3.63, 3.8) is 0 Å². The van der Waals surface area contributed by atoms with E-state index in [0.29, 0.717) is 0 Å². The Morgan fingerprint density at radius 1 is 1.15 bits per heavy atom. The summed E-state index contributed by atoms with van der Waals surface area (Å²) in [5, 5.41) is 2.11. The molecule has 2 N–H and O–H groups in total. The van der Waals surface area contributed by atoms with Crippen molar-refractivity contribution < 1.29 is 31.1 Å².